The molecule has 0 rings (SSSR count). The van der Waals surface area contributed by atoms with Crippen LogP contribution in [0.4, 0.5) is 0 Å². The third-order valence-corrected chi connectivity index (χ3v) is 3.44. The normalized spacial score (nSPS) is 13.1. The minimum Gasteiger partial charge on any atom is -0.481 e. The van der Waals surface area contributed by atoms with E-state index in [1.807, 2.05) is 6.92 Å². The molecule has 0 aliphatic heterocycles. The Hall–Kier alpha value is 0.267. The molecule has 0 radical (unpaired) electrons. The van der Waals surface area contributed by atoms with Crippen molar-refractivity contribution in [3.05, 3.63) is 0 Å². The maximum absolute atomic E-state index is 10.1. The van der Waals surface area contributed by atoms with Gasteiger partial charge in [0.15, 0.2) is 0 Å². The minimum absolute atomic E-state index is 0. The first-order valence-corrected chi connectivity index (χ1v) is 5.46. The summed E-state index contributed by atoms with van der Waals surface area (Å²) in [5, 5.41) is 8.32. The van der Waals surface area contributed by atoms with E-state index in [2.05, 4.69) is 0 Å². The lowest BCUT2D eigenvalue weighted by molar-refractivity contribution is -0.136. The summed E-state index contributed by atoms with van der Waals surface area (Å²) >= 11 is 5.42. The summed E-state index contributed by atoms with van der Waals surface area (Å²) in [6.07, 6.45) is 0.672. The lowest BCUT2D eigenvalue weighted by atomic mass is 10.3. The van der Waals surface area contributed by atoms with E-state index in [-0.39, 0.29) is 17.9 Å². The zero-order valence-corrected chi connectivity index (χ0v) is 8.12. The maximum atomic E-state index is 10.1. The highest BCUT2D eigenvalue weighted by Gasteiger charge is 2.12. The second-order valence-corrected chi connectivity index (χ2v) is 3.82. The van der Waals surface area contributed by atoms with Gasteiger partial charge in [-0.05, 0) is 6.42 Å². The van der Waals surface area contributed by atoms with Gasteiger partial charge in [-0.3, -0.25) is 4.79 Å². The van der Waals surface area contributed by atoms with Crippen LogP contribution >= 0.6 is 23.5 Å². The van der Waals surface area contributed by atoms with Crippen molar-refractivity contribution in [1.82, 2.24) is 0 Å². The van der Waals surface area contributed by atoms with Gasteiger partial charge >= 0.3 is 5.97 Å². The predicted octanol–water partition coefficient (Wildman–Crippen LogP) is 1.01. The van der Waals surface area contributed by atoms with E-state index in [4.69, 9.17) is 16.2 Å². The van der Waals surface area contributed by atoms with Crippen LogP contribution in [-0.4, -0.2) is 19.9 Å². The fourth-order valence-electron chi connectivity index (χ4n) is 0.350. The average Bonchev–Trinajstić information content (AvgIpc) is 1.69. The molecule has 0 aliphatic rings. The number of rotatable bonds is 3. The van der Waals surface area contributed by atoms with Crippen molar-refractivity contribution in [3.8, 4) is 0 Å². The molecule has 0 saturated heterocycles. The van der Waals surface area contributed by atoms with Crippen molar-refractivity contribution in [1.29, 1.82) is 0 Å². The molecular formula is C4H10Cl2O2Si. The van der Waals surface area contributed by atoms with Crippen LogP contribution in [0, 0.1) is 0 Å². The molecular weight excluding hydrogens is 179 g/mol. The van der Waals surface area contributed by atoms with E-state index >= 15 is 0 Å². The summed E-state index contributed by atoms with van der Waals surface area (Å²) in [5.74, 6) is -0.742. The van der Waals surface area contributed by atoms with E-state index in [9.17, 15) is 4.79 Å². The van der Waals surface area contributed by atoms with Gasteiger partial charge in [0.25, 0.3) is 0 Å². The zero-order valence-electron chi connectivity index (χ0n) is 5.13. The SMILES string of the molecule is CCC([SiH2]Cl)C(=O)O.Cl. The van der Waals surface area contributed by atoms with Crippen LogP contribution in [0.2, 0.25) is 5.54 Å². The highest BCUT2D eigenvalue weighted by atomic mass is 35.6. The Bertz CT molecular complexity index is 84.6. The molecule has 2 nitrogen and oxygen atoms in total. The van der Waals surface area contributed by atoms with E-state index in [0.29, 0.717) is 6.42 Å². The summed E-state index contributed by atoms with van der Waals surface area (Å²) in [7, 11) is -0.847. The Morgan fingerprint density at radius 1 is 1.89 bits per heavy atom. The average molecular weight is 189 g/mol. The molecule has 0 aromatic rings. The fraction of sp³-hybridized carbons (Fsp3) is 0.750. The molecule has 0 spiro atoms. The standard InChI is InChI=1S/C4H9ClO2Si.ClH/c1-2-3(8-5)4(6)7;/h3H,2,8H2,1H3,(H,6,7);1H. The van der Waals surface area contributed by atoms with Crippen molar-refractivity contribution in [2.24, 2.45) is 0 Å². The summed E-state index contributed by atoms with van der Waals surface area (Å²) in [6.45, 7) is 1.84. The Labute approximate surface area is 67.5 Å². The molecule has 0 amide bonds. The van der Waals surface area contributed by atoms with Gasteiger partial charge < -0.3 is 5.11 Å². The molecule has 0 saturated carbocycles. The van der Waals surface area contributed by atoms with Crippen molar-refractivity contribution < 1.29 is 9.90 Å². The highest BCUT2D eigenvalue weighted by Crippen LogP contribution is 2.08. The first-order valence-electron chi connectivity index (χ1n) is 2.51. The van der Waals surface area contributed by atoms with Gasteiger partial charge in [0.05, 0.1) is 5.54 Å². The predicted molar refractivity (Wildman–Crippen MR) is 43.3 cm³/mol. The van der Waals surface area contributed by atoms with E-state index in [1.165, 1.54) is 0 Å². The van der Waals surface area contributed by atoms with E-state index < -0.39 is 14.8 Å². The number of hydrogen-bond donors (Lipinski definition) is 1. The van der Waals surface area contributed by atoms with E-state index in [1.54, 1.807) is 0 Å². The topological polar surface area (TPSA) is 37.3 Å². The van der Waals surface area contributed by atoms with Crippen LogP contribution in [0.25, 0.3) is 0 Å². The molecule has 0 aromatic heterocycles. The molecule has 0 aromatic carbocycles. The molecule has 1 atom stereocenters. The second-order valence-electron chi connectivity index (χ2n) is 1.60. The minimum atomic E-state index is -0.847. The number of carboxylic acid groups (broad SMARTS) is 1. The molecule has 1 N–H and O–H groups in total. The number of hydrogen-bond acceptors (Lipinski definition) is 1. The Balaban J connectivity index is 0. The molecule has 0 bridgehead atoms. The third-order valence-electron chi connectivity index (χ3n) is 1.03. The van der Waals surface area contributed by atoms with Gasteiger partial charge in [-0.15, -0.1) is 12.4 Å². The number of carboxylic acids is 1. The van der Waals surface area contributed by atoms with Crippen molar-refractivity contribution in [2.75, 3.05) is 0 Å². The van der Waals surface area contributed by atoms with Crippen molar-refractivity contribution in [2.45, 2.75) is 18.9 Å². The molecule has 9 heavy (non-hydrogen) atoms. The number of aliphatic carboxylic acids is 1. The molecule has 56 valence electrons. The van der Waals surface area contributed by atoms with Gasteiger partial charge in [0.2, 0.25) is 0 Å². The smallest absolute Gasteiger partial charge is 0.304 e. The second kappa shape index (κ2) is 6.39. The Morgan fingerprint density at radius 2 is 2.33 bits per heavy atom. The van der Waals surface area contributed by atoms with Crippen molar-refractivity contribution >= 4 is 38.3 Å². The summed E-state index contributed by atoms with van der Waals surface area (Å²) in [6, 6.07) is 0. The van der Waals surface area contributed by atoms with Gasteiger partial charge in [-0.2, -0.15) is 11.1 Å². The Kier molecular flexibility index (Phi) is 8.51. The monoisotopic (exact) mass is 188 g/mol. The largest absolute Gasteiger partial charge is 0.481 e. The van der Waals surface area contributed by atoms with Crippen LogP contribution in [0.5, 0.6) is 0 Å². The van der Waals surface area contributed by atoms with Crippen LogP contribution in [0.3, 0.4) is 0 Å². The lowest BCUT2D eigenvalue weighted by Crippen LogP contribution is -2.09. The highest BCUT2D eigenvalue weighted by molar-refractivity contribution is 6.95. The fourth-order valence-corrected chi connectivity index (χ4v) is 1.75. The molecule has 5 heteroatoms. The number of halogens is 2. The molecule has 0 aliphatic carbocycles. The summed E-state index contributed by atoms with van der Waals surface area (Å²) in [5.41, 5.74) is -0.225. The quantitative estimate of drug-likeness (QED) is 0.531. The van der Waals surface area contributed by atoms with Gasteiger partial charge in [0, 0.05) is 0 Å². The van der Waals surface area contributed by atoms with Gasteiger partial charge in [0.1, 0.15) is 8.83 Å². The molecule has 0 fully saturated rings. The first-order chi connectivity index (χ1) is 3.72. The van der Waals surface area contributed by atoms with Gasteiger partial charge in [-0.25, -0.2) is 0 Å². The molecule has 0 heterocycles. The summed E-state index contributed by atoms with van der Waals surface area (Å²) in [4.78, 5) is 10.1. The maximum Gasteiger partial charge on any atom is 0.304 e. The van der Waals surface area contributed by atoms with Crippen molar-refractivity contribution in [3.63, 3.8) is 0 Å². The van der Waals surface area contributed by atoms with Crippen LogP contribution in [0.15, 0.2) is 0 Å². The zero-order chi connectivity index (χ0) is 6.57. The molecule has 1 unspecified atom stereocenters. The van der Waals surface area contributed by atoms with E-state index in [0.717, 1.165) is 0 Å². The Morgan fingerprint density at radius 3 is 2.33 bits per heavy atom. The van der Waals surface area contributed by atoms with Crippen LogP contribution < -0.4 is 0 Å². The van der Waals surface area contributed by atoms with Crippen LogP contribution in [0.1, 0.15) is 13.3 Å². The lowest BCUT2D eigenvalue weighted by Gasteiger charge is -2.00. The summed E-state index contributed by atoms with van der Waals surface area (Å²) < 4.78 is 0. The first kappa shape index (κ1) is 12.0. The third kappa shape index (κ3) is 4.75. The van der Waals surface area contributed by atoms with Crippen LogP contribution in [-0.2, 0) is 4.79 Å². The number of carbonyl (C=O) groups is 1. The van der Waals surface area contributed by atoms with Gasteiger partial charge in [-0.1, -0.05) is 6.92 Å².